The first-order valence-electron chi connectivity index (χ1n) is 7.63. The predicted molar refractivity (Wildman–Crippen MR) is 91.1 cm³/mol. The number of carbonyl (C=O) groups excluding carboxylic acids is 1. The summed E-state index contributed by atoms with van der Waals surface area (Å²) in [5.41, 5.74) is 1.54. The van der Waals surface area contributed by atoms with Crippen molar-refractivity contribution in [2.24, 2.45) is 0 Å². The van der Waals surface area contributed by atoms with E-state index in [-0.39, 0.29) is 6.73 Å². The standard InChI is InChI=1S/C18H20N2O5/c1-24-12-19-17(21)16(20-18(22)23)14-7-9-15(10-8-14)25-11-13-5-3-2-4-6-13/h2-10,16,20H,11-12H2,1H3,(H,19,21)(H,22,23). The maximum atomic E-state index is 12.1. The largest absolute Gasteiger partial charge is 0.489 e. The molecule has 0 saturated carbocycles. The molecule has 132 valence electrons. The van der Waals surface area contributed by atoms with Crippen molar-refractivity contribution >= 4 is 12.0 Å². The normalized spacial score (nSPS) is 11.4. The molecule has 0 radical (unpaired) electrons. The van der Waals surface area contributed by atoms with Crippen LogP contribution in [0, 0.1) is 0 Å². The highest BCUT2D eigenvalue weighted by atomic mass is 16.5. The molecule has 0 aromatic heterocycles. The number of nitrogens with one attached hydrogen (secondary N) is 2. The van der Waals surface area contributed by atoms with Crippen LogP contribution in [0.3, 0.4) is 0 Å². The van der Waals surface area contributed by atoms with Gasteiger partial charge in [0.25, 0.3) is 0 Å². The van der Waals surface area contributed by atoms with Gasteiger partial charge < -0.3 is 25.2 Å². The molecule has 2 amide bonds. The quantitative estimate of drug-likeness (QED) is 0.639. The third-order valence-electron chi connectivity index (χ3n) is 3.38. The van der Waals surface area contributed by atoms with Crippen molar-refractivity contribution in [2.75, 3.05) is 13.8 Å². The van der Waals surface area contributed by atoms with Crippen LogP contribution in [0.4, 0.5) is 4.79 Å². The third kappa shape index (κ3) is 5.82. The van der Waals surface area contributed by atoms with E-state index in [4.69, 9.17) is 14.6 Å². The van der Waals surface area contributed by atoms with Crippen molar-refractivity contribution in [1.82, 2.24) is 10.6 Å². The second-order valence-corrected chi connectivity index (χ2v) is 5.20. The molecule has 1 unspecified atom stereocenters. The van der Waals surface area contributed by atoms with Crippen molar-refractivity contribution in [3.05, 3.63) is 65.7 Å². The van der Waals surface area contributed by atoms with Gasteiger partial charge in [-0.3, -0.25) is 4.79 Å². The van der Waals surface area contributed by atoms with Crippen LogP contribution in [0.25, 0.3) is 0 Å². The van der Waals surface area contributed by atoms with E-state index in [1.165, 1.54) is 7.11 Å². The Balaban J connectivity index is 2.03. The maximum absolute atomic E-state index is 12.1. The van der Waals surface area contributed by atoms with Crippen molar-refractivity contribution in [3.8, 4) is 5.75 Å². The molecule has 3 N–H and O–H groups in total. The summed E-state index contributed by atoms with van der Waals surface area (Å²) in [6, 6.07) is 15.4. The number of carbonyl (C=O) groups is 2. The van der Waals surface area contributed by atoms with Crippen LogP contribution in [-0.2, 0) is 16.1 Å². The van der Waals surface area contributed by atoms with Crippen LogP contribution in [0.2, 0.25) is 0 Å². The van der Waals surface area contributed by atoms with Crippen LogP contribution in [0.1, 0.15) is 17.2 Å². The van der Waals surface area contributed by atoms with Crippen LogP contribution in [0.5, 0.6) is 5.75 Å². The molecule has 7 heteroatoms. The Morgan fingerprint density at radius 1 is 1.08 bits per heavy atom. The molecular weight excluding hydrogens is 324 g/mol. The van der Waals surface area contributed by atoms with Gasteiger partial charge in [0.15, 0.2) is 0 Å². The summed E-state index contributed by atoms with van der Waals surface area (Å²) < 4.78 is 10.4. The molecule has 2 aromatic carbocycles. The Labute approximate surface area is 145 Å². The summed E-state index contributed by atoms with van der Waals surface area (Å²) in [6.45, 7) is 0.417. The zero-order chi connectivity index (χ0) is 18.1. The molecule has 0 fully saturated rings. The lowest BCUT2D eigenvalue weighted by Gasteiger charge is -2.17. The summed E-state index contributed by atoms with van der Waals surface area (Å²) >= 11 is 0. The first-order valence-corrected chi connectivity index (χ1v) is 7.63. The van der Waals surface area contributed by atoms with Crippen molar-refractivity contribution in [3.63, 3.8) is 0 Å². The fourth-order valence-corrected chi connectivity index (χ4v) is 2.17. The lowest BCUT2D eigenvalue weighted by Crippen LogP contribution is -2.40. The van der Waals surface area contributed by atoms with E-state index in [2.05, 4.69) is 10.6 Å². The van der Waals surface area contributed by atoms with Gasteiger partial charge in [-0.1, -0.05) is 42.5 Å². The Hall–Kier alpha value is -3.06. The molecule has 0 aliphatic rings. The molecule has 0 aliphatic heterocycles. The van der Waals surface area contributed by atoms with Crippen LogP contribution in [-0.4, -0.2) is 30.9 Å². The van der Waals surface area contributed by atoms with Gasteiger partial charge in [-0.15, -0.1) is 0 Å². The van der Waals surface area contributed by atoms with Gasteiger partial charge in [0.1, 0.15) is 25.1 Å². The predicted octanol–water partition coefficient (Wildman–Crippen LogP) is 2.29. The average Bonchev–Trinajstić information content (AvgIpc) is 2.63. The minimum atomic E-state index is -1.29. The van der Waals surface area contributed by atoms with E-state index in [9.17, 15) is 9.59 Å². The second kappa shape index (κ2) is 9.29. The highest BCUT2D eigenvalue weighted by molar-refractivity contribution is 5.86. The van der Waals surface area contributed by atoms with E-state index >= 15 is 0 Å². The monoisotopic (exact) mass is 344 g/mol. The van der Waals surface area contributed by atoms with Gasteiger partial charge in [0, 0.05) is 7.11 Å². The van der Waals surface area contributed by atoms with E-state index in [0.29, 0.717) is 17.9 Å². The Morgan fingerprint density at radius 2 is 1.76 bits per heavy atom. The third-order valence-corrected chi connectivity index (χ3v) is 3.38. The smallest absolute Gasteiger partial charge is 0.405 e. The van der Waals surface area contributed by atoms with Gasteiger partial charge in [0.05, 0.1) is 0 Å². The van der Waals surface area contributed by atoms with Gasteiger partial charge in [0.2, 0.25) is 5.91 Å². The molecule has 0 saturated heterocycles. The molecule has 7 nitrogen and oxygen atoms in total. The zero-order valence-corrected chi connectivity index (χ0v) is 13.8. The molecule has 0 aliphatic carbocycles. The van der Waals surface area contributed by atoms with Gasteiger partial charge in [-0.25, -0.2) is 4.79 Å². The van der Waals surface area contributed by atoms with Gasteiger partial charge in [-0.2, -0.15) is 0 Å². The Morgan fingerprint density at radius 3 is 2.36 bits per heavy atom. The lowest BCUT2D eigenvalue weighted by molar-refractivity contribution is -0.124. The maximum Gasteiger partial charge on any atom is 0.405 e. The van der Waals surface area contributed by atoms with Crippen molar-refractivity contribution in [2.45, 2.75) is 12.6 Å². The average molecular weight is 344 g/mol. The highest BCUT2D eigenvalue weighted by Gasteiger charge is 2.22. The fraction of sp³-hybridized carbons (Fsp3) is 0.222. The molecule has 0 heterocycles. The molecule has 2 rings (SSSR count). The van der Waals surface area contributed by atoms with Crippen molar-refractivity contribution < 1.29 is 24.2 Å². The number of hydrogen-bond donors (Lipinski definition) is 3. The molecule has 0 spiro atoms. The number of ether oxygens (including phenoxy) is 2. The van der Waals surface area contributed by atoms with Gasteiger partial charge >= 0.3 is 6.09 Å². The number of methoxy groups -OCH3 is 1. The lowest BCUT2D eigenvalue weighted by atomic mass is 10.1. The second-order valence-electron chi connectivity index (χ2n) is 5.20. The van der Waals surface area contributed by atoms with E-state index in [0.717, 1.165) is 5.56 Å². The van der Waals surface area contributed by atoms with Gasteiger partial charge in [-0.05, 0) is 23.3 Å². The Kier molecular flexibility index (Phi) is 6.79. The number of hydrogen-bond acceptors (Lipinski definition) is 4. The zero-order valence-electron chi connectivity index (χ0n) is 13.8. The topological polar surface area (TPSA) is 96.9 Å². The van der Waals surface area contributed by atoms with Crippen LogP contribution in [0.15, 0.2) is 54.6 Å². The first kappa shape index (κ1) is 18.3. The van der Waals surface area contributed by atoms with Crippen LogP contribution < -0.4 is 15.4 Å². The fourth-order valence-electron chi connectivity index (χ4n) is 2.17. The highest BCUT2D eigenvalue weighted by Crippen LogP contribution is 2.19. The summed E-state index contributed by atoms with van der Waals surface area (Å²) in [6.07, 6.45) is -1.29. The number of rotatable bonds is 8. The minimum absolute atomic E-state index is 0.00506. The first-order chi connectivity index (χ1) is 12.1. The molecule has 0 bridgehead atoms. The molecular formula is C18H20N2O5. The Bertz CT molecular complexity index is 688. The molecule has 25 heavy (non-hydrogen) atoms. The summed E-state index contributed by atoms with van der Waals surface area (Å²) in [4.78, 5) is 23.0. The number of benzene rings is 2. The van der Waals surface area contributed by atoms with Crippen molar-refractivity contribution in [1.29, 1.82) is 0 Å². The summed E-state index contributed by atoms with van der Waals surface area (Å²) in [5.74, 6) is 0.126. The molecule has 2 aromatic rings. The van der Waals surface area contributed by atoms with Crippen LogP contribution >= 0.6 is 0 Å². The molecule has 1 atom stereocenters. The number of amides is 2. The van der Waals surface area contributed by atoms with E-state index in [1.54, 1.807) is 24.3 Å². The summed E-state index contributed by atoms with van der Waals surface area (Å²) in [7, 11) is 1.43. The summed E-state index contributed by atoms with van der Waals surface area (Å²) in [5, 5.41) is 13.6. The van der Waals surface area contributed by atoms with E-state index in [1.807, 2.05) is 30.3 Å². The number of carboxylic acid groups (broad SMARTS) is 1. The minimum Gasteiger partial charge on any atom is -0.489 e. The van der Waals surface area contributed by atoms with E-state index < -0.39 is 18.0 Å². The SMILES string of the molecule is COCNC(=O)C(NC(=O)O)c1ccc(OCc2ccccc2)cc1.